The molecule has 4 heteroatoms. The van der Waals surface area contributed by atoms with E-state index in [0.29, 0.717) is 0 Å². The molecule has 0 bridgehead atoms. The summed E-state index contributed by atoms with van der Waals surface area (Å²) in [4.78, 5) is 2.23. The maximum atomic E-state index is 7.17. The lowest BCUT2D eigenvalue weighted by Crippen LogP contribution is -2.29. The van der Waals surface area contributed by atoms with Gasteiger partial charge in [-0.25, -0.2) is 0 Å². The maximum Gasteiger partial charge on any atom is 0.149 e. The molecule has 0 saturated carbocycles. The van der Waals surface area contributed by atoms with Crippen molar-refractivity contribution in [3.05, 3.63) is 158 Å². The number of fused-ring (bicyclic) bond motifs is 2. The molecule has 6 aromatic rings. The molecule has 0 N–H and O–H groups in total. The minimum Gasteiger partial charge on any atom is -0.454 e. The van der Waals surface area contributed by atoms with Gasteiger partial charge in [-0.05, 0) is 47.1 Å². The summed E-state index contributed by atoms with van der Waals surface area (Å²) < 4.78 is 7.17. The molecule has 1 nitrogen and oxygen atoms in total. The predicted molar refractivity (Wildman–Crippen MR) is 189 cm³/mol. The highest BCUT2D eigenvalue weighted by molar-refractivity contribution is 8.00. The smallest absolute Gasteiger partial charge is 0.149 e. The van der Waals surface area contributed by atoms with Gasteiger partial charge in [-0.1, -0.05) is 170 Å². The number of hydrogen-bond donors (Lipinski definition) is 0. The summed E-state index contributed by atoms with van der Waals surface area (Å²) >= 11 is 1.78. The highest BCUT2D eigenvalue weighted by atomic mass is 32.2. The maximum absolute atomic E-state index is 7.17. The Morgan fingerprint density at radius 1 is 0.381 bits per heavy atom. The highest BCUT2D eigenvalue weighted by Crippen LogP contribution is 2.55. The van der Waals surface area contributed by atoms with E-state index >= 15 is 0 Å². The largest absolute Gasteiger partial charge is 0.454 e. The molecule has 0 aliphatic carbocycles. The summed E-state index contributed by atoms with van der Waals surface area (Å²) in [5.74, 6) is 1.82. The molecular weight excluding hydrogens is 566 g/mol. The quantitative estimate of drug-likeness (QED) is 0.185. The Kier molecular flexibility index (Phi) is 7.09. The number of ether oxygens (including phenoxy) is 1. The monoisotopic (exact) mass is 596 g/mol. The summed E-state index contributed by atoms with van der Waals surface area (Å²) in [6, 6.07) is 55.9. The van der Waals surface area contributed by atoms with E-state index in [1.807, 2.05) is 0 Å². The molecular formula is C38H30OP2S. The molecule has 204 valence electrons. The first-order valence-corrected chi connectivity index (χ1v) is 18.7. The molecule has 0 amide bonds. The van der Waals surface area contributed by atoms with Gasteiger partial charge in [-0.2, -0.15) is 0 Å². The third kappa shape index (κ3) is 4.43. The highest BCUT2D eigenvalue weighted by Gasteiger charge is 2.33. The number of benzene rings is 6. The van der Waals surface area contributed by atoms with Crippen LogP contribution in [0.15, 0.2) is 168 Å². The van der Waals surface area contributed by atoms with Gasteiger partial charge in [0.1, 0.15) is 11.5 Å². The first-order chi connectivity index (χ1) is 20.6. The molecule has 6 aromatic carbocycles. The van der Waals surface area contributed by atoms with E-state index < -0.39 is 13.8 Å². The lowest BCUT2D eigenvalue weighted by Gasteiger charge is -2.34. The van der Waals surface area contributed by atoms with Crippen molar-refractivity contribution in [3.63, 3.8) is 0 Å². The van der Waals surface area contributed by atoms with Crippen LogP contribution >= 0.6 is 25.5 Å². The molecule has 0 spiro atoms. The molecule has 0 saturated heterocycles. The third-order valence-electron chi connectivity index (χ3n) is 7.95. The molecule has 0 aromatic heterocycles. The molecule has 42 heavy (non-hydrogen) atoms. The Hall–Kier alpha value is -3.93. The van der Waals surface area contributed by atoms with Gasteiger partial charge >= 0.3 is 0 Å². The van der Waals surface area contributed by atoms with Crippen LogP contribution in [0.3, 0.4) is 0 Å². The van der Waals surface area contributed by atoms with Gasteiger partial charge in [0, 0.05) is 10.6 Å². The van der Waals surface area contributed by atoms with Gasteiger partial charge in [-0.3, -0.25) is 0 Å². The van der Waals surface area contributed by atoms with Crippen molar-refractivity contribution in [2.75, 3.05) is 0 Å². The Balaban J connectivity index is 1.45. The lowest BCUT2D eigenvalue weighted by atomic mass is 10.3. The molecule has 1 heterocycles. The average Bonchev–Trinajstić information content (AvgIpc) is 3.07. The zero-order valence-electron chi connectivity index (χ0n) is 23.1. The minimum atomic E-state index is -2.27. The number of rotatable bonds is 6. The van der Waals surface area contributed by atoms with Crippen LogP contribution in [0.2, 0.25) is 0 Å². The fourth-order valence-corrected chi connectivity index (χ4v) is 13.1. The Morgan fingerprint density at radius 2 is 0.690 bits per heavy atom. The van der Waals surface area contributed by atoms with Gasteiger partial charge in [0.25, 0.3) is 0 Å². The van der Waals surface area contributed by atoms with Crippen molar-refractivity contribution < 1.29 is 4.74 Å². The number of hydrogen-bond acceptors (Lipinski definition) is 2. The first-order valence-electron chi connectivity index (χ1n) is 13.9. The lowest BCUT2D eigenvalue weighted by molar-refractivity contribution is 0.462. The third-order valence-corrected chi connectivity index (χ3v) is 16.1. The second-order valence-electron chi connectivity index (χ2n) is 10.4. The van der Waals surface area contributed by atoms with E-state index in [1.54, 1.807) is 11.8 Å². The Bertz CT molecular complexity index is 1740. The SMILES string of the molecule is C=P(c1ccccc1)(c1ccccc1)c1cccc2c1Oc1c(cccc1P(=C)(c1ccccc1)c1ccccc1)S2. The van der Waals surface area contributed by atoms with Crippen LogP contribution in [0.4, 0.5) is 0 Å². The average molecular weight is 597 g/mol. The zero-order chi connectivity index (χ0) is 28.6. The van der Waals surface area contributed by atoms with E-state index in [1.165, 1.54) is 21.2 Å². The fourth-order valence-electron chi connectivity index (χ4n) is 5.78. The van der Waals surface area contributed by atoms with Crippen molar-refractivity contribution >= 4 is 70.0 Å². The van der Waals surface area contributed by atoms with E-state index in [4.69, 9.17) is 17.3 Å². The van der Waals surface area contributed by atoms with Gasteiger partial charge in [-0.15, -0.1) is 0 Å². The molecule has 0 fully saturated rings. The summed E-state index contributed by atoms with van der Waals surface area (Å²) in [6.45, 7) is -4.53. The standard InChI is InChI=1S/C38H30OP2S/c1-40(29-17-7-3-8-18-29,30-19-9-4-10-20-30)33-25-15-27-35-37(33)39-38-34(26-16-28-36(38)42-35)41(2,31-21-11-5-12-22-31)32-23-13-6-14-24-32/h3-28H,1-2H2. The molecule has 0 unspecified atom stereocenters. The minimum absolute atomic E-state index is 0.908. The van der Waals surface area contributed by atoms with Crippen LogP contribution in [0, 0.1) is 0 Å². The normalized spacial score (nSPS) is 12.6. The molecule has 0 radical (unpaired) electrons. The van der Waals surface area contributed by atoms with Gasteiger partial charge < -0.3 is 4.74 Å². The molecule has 7 rings (SSSR count). The van der Waals surface area contributed by atoms with Crippen LogP contribution in [-0.4, -0.2) is 12.6 Å². The van der Waals surface area contributed by atoms with Crippen LogP contribution in [0.25, 0.3) is 0 Å². The second-order valence-corrected chi connectivity index (χ2v) is 17.7. The predicted octanol–water partition coefficient (Wildman–Crippen LogP) is 7.40. The first kappa shape index (κ1) is 26.9. The zero-order valence-corrected chi connectivity index (χ0v) is 25.7. The van der Waals surface area contributed by atoms with Crippen molar-refractivity contribution in [2.45, 2.75) is 9.79 Å². The molecule has 0 atom stereocenters. The summed E-state index contributed by atoms with van der Waals surface area (Å²) in [5.41, 5.74) is 0. The van der Waals surface area contributed by atoms with Crippen LogP contribution in [0.1, 0.15) is 0 Å². The van der Waals surface area contributed by atoms with Crippen molar-refractivity contribution in [1.82, 2.24) is 0 Å². The Labute approximate surface area is 252 Å². The van der Waals surface area contributed by atoms with E-state index in [9.17, 15) is 0 Å². The van der Waals surface area contributed by atoms with E-state index in [2.05, 4.69) is 158 Å². The van der Waals surface area contributed by atoms with Crippen LogP contribution < -0.4 is 36.6 Å². The van der Waals surface area contributed by atoms with Crippen molar-refractivity contribution in [3.8, 4) is 11.5 Å². The molecule has 1 aliphatic rings. The second kappa shape index (κ2) is 11.0. The summed E-state index contributed by atoms with van der Waals surface area (Å²) in [6.07, 6.45) is 10.1. The topological polar surface area (TPSA) is 9.23 Å². The van der Waals surface area contributed by atoms with Gasteiger partial charge in [0.2, 0.25) is 0 Å². The van der Waals surface area contributed by atoms with Crippen molar-refractivity contribution in [2.24, 2.45) is 0 Å². The van der Waals surface area contributed by atoms with E-state index in [0.717, 1.165) is 31.9 Å². The molecule has 1 aliphatic heterocycles. The van der Waals surface area contributed by atoms with E-state index in [-0.39, 0.29) is 0 Å². The fraction of sp³-hybridized carbons (Fsp3) is 0. The van der Waals surface area contributed by atoms with Gasteiger partial charge in [0.05, 0.1) is 9.79 Å². The van der Waals surface area contributed by atoms with Crippen LogP contribution in [-0.2, 0) is 0 Å². The summed E-state index contributed by atoms with van der Waals surface area (Å²) in [7, 11) is 0. The van der Waals surface area contributed by atoms with Gasteiger partial charge in [0.15, 0.2) is 0 Å². The number of para-hydroxylation sites is 2. The van der Waals surface area contributed by atoms with Crippen molar-refractivity contribution in [1.29, 1.82) is 0 Å². The van der Waals surface area contributed by atoms with Crippen LogP contribution in [0.5, 0.6) is 11.5 Å². The summed E-state index contributed by atoms with van der Waals surface area (Å²) in [5, 5.41) is 7.21. The Morgan fingerprint density at radius 3 is 1.00 bits per heavy atom.